The molecular formula is C13H14BrN3O. The second-order valence-corrected chi connectivity index (χ2v) is 5.08. The van der Waals surface area contributed by atoms with Crippen molar-refractivity contribution in [2.24, 2.45) is 0 Å². The molecule has 0 aliphatic heterocycles. The summed E-state index contributed by atoms with van der Waals surface area (Å²) >= 11 is 3.40. The molecule has 0 unspecified atom stereocenters. The minimum atomic E-state index is -0.123. The maximum atomic E-state index is 9.33. The number of allylic oxidation sites excluding steroid dienone is 1. The van der Waals surface area contributed by atoms with E-state index < -0.39 is 0 Å². The van der Waals surface area contributed by atoms with Crippen molar-refractivity contribution >= 4 is 15.9 Å². The van der Waals surface area contributed by atoms with Crippen molar-refractivity contribution in [2.45, 2.75) is 20.1 Å². The Bertz CT molecular complexity index is 560. The lowest BCUT2D eigenvalue weighted by Gasteiger charge is -2.07. The van der Waals surface area contributed by atoms with Crippen LogP contribution in [0.5, 0.6) is 0 Å². The van der Waals surface area contributed by atoms with Crippen molar-refractivity contribution < 1.29 is 5.11 Å². The second kappa shape index (κ2) is 5.46. The highest BCUT2D eigenvalue weighted by Gasteiger charge is 2.14. The highest BCUT2D eigenvalue weighted by Crippen LogP contribution is 2.24. The molecule has 2 aromatic rings. The van der Waals surface area contributed by atoms with Crippen LogP contribution in [0.1, 0.15) is 12.6 Å². The van der Waals surface area contributed by atoms with E-state index in [1.54, 1.807) is 4.68 Å². The van der Waals surface area contributed by atoms with Crippen LogP contribution in [-0.2, 0) is 13.2 Å². The Hall–Kier alpha value is -1.46. The summed E-state index contributed by atoms with van der Waals surface area (Å²) in [6, 6.07) is 7.84. The number of nitrogens with zero attached hydrogens (tertiary/aromatic N) is 3. The first-order valence-electron chi connectivity index (χ1n) is 5.55. The van der Waals surface area contributed by atoms with Gasteiger partial charge in [-0.25, -0.2) is 4.68 Å². The topological polar surface area (TPSA) is 50.9 Å². The molecule has 1 heterocycles. The Morgan fingerprint density at radius 2 is 2.06 bits per heavy atom. The zero-order chi connectivity index (χ0) is 13.1. The Morgan fingerprint density at radius 1 is 1.39 bits per heavy atom. The largest absolute Gasteiger partial charge is 0.390 e. The van der Waals surface area contributed by atoms with E-state index in [2.05, 4.69) is 32.8 Å². The predicted molar refractivity (Wildman–Crippen MR) is 73.9 cm³/mol. The first-order chi connectivity index (χ1) is 8.61. The summed E-state index contributed by atoms with van der Waals surface area (Å²) in [7, 11) is 0. The van der Waals surface area contributed by atoms with Crippen molar-refractivity contribution in [1.29, 1.82) is 0 Å². The van der Waals surface area contributed by atoms with Gasteiger partial charge in [-0.3, -0.25) is 0 Å². The molecule has 0 bridgehead atoms. The molecule has 2 rings (SSSR count). The third-order valence-corrected chi connectivity index (χ3v) is 3.02. The summed E-state index contributed by atoms with van der Waals surface area (Å²) in [5, 5.41) is 17.4. The summed E-state index contributed by atoms with van der Waals surface area (Å²) in [5.41, 5.74) is 3.39. The molecule has 1 aromatic heterocycles. The summed E-state index contributed by atoms with van der Waals surface area (Å²) in [6.07, 6.45) is 0. The van der Waals surface area contributed by atoms with E-state index in [1.807, 2.05) is 31.2 Å². The fraction of sp³-hybridized carbons (Fsp3) is 0.231. The van der Waals surface area contributed by atoms with Gasteiger partial charge in [0.2, 0.25) is 0 Å². The van der Waals surface area contributed by atoms with Gasteiger partial charge in [0.15, 0.2) is 0 Å². The first kappa shape index (κ1) is 13.0. The van der Waals surface area contributed by atoms with Crippen molar-refractivity contribution in [2.75, 3.05) is 0 Å². The minimum absolute atomic E-state index is 0.123. The standard InChI is InChI=1S/C13H14BrN3O/c1-9(2)7-17-13(12(8-18)15-16-17)10-3-5-11(14)6-4-10/h3-6,18H,1,7-8H2,2H3. The number of aliphatic hydroxyl groups is 1. The average Bonchev–Trinajstić information content (AvgIpc) is 2.72. The Labute approximate surface area is 114 Å². The van der Waals surface area contributed by atoms with Crippen molar-refractivity contribution in [3.63, 3.8) is 0 Å². The fourth-order valence-electron chi connectivity index (χ4n) is 1.75. The third kappa shape index (κ3) is 2.68. The van der Waals surface area contributed by atoms with Crippen LogP contribution in [-0.4, -0.2) is 20.1 Å². The normalized spacial score (nSPS) is 10.6. The van der Waals surface area contributed by atoms with Gasteiger partial charge in [-0.2, -0.15) is 0 Å². The van der Waals surface area contributed by atoms with Crippen molar-refractivity contribution in [3.8, 4) is 11.3 Å². The van der Waals surface area contributed by atoms with Crippen LogP contribution in [0.15, 0.2) is 40.9 Å². The lowest BCUT2D eigenvalue weighted by Crippen LogP contribution is -2.03. The molecule has 0 aliphatic rings. The highest BCUT2D eigenvalue weighted by atomic mass is 79.9. The van der Waals surface area contributed by atoms with Crippen LogP contribution in [0.25, 0.3) is 11.3 Å². The van der Waals surface area contributed by atoms with Gasteiger partial charge in [-0.05, 0) is 19.1 Å². The maximum absolute atomic E-state index is 9.33. The fourth-order valence-corrected chi connectivity index (χ4v) is 2.01. The van der Waals surface area contributed by atoms with Gasteiger partial charge in [-0.15, -0.1) is 5.10 Å². The van der Waals surface area contributed by atoms with Crippen LogP contribution in [0.3, 0.4) is 0 Å². The molecule has 0 radical (unpaired) electrons. The van der Waals surface area contributed by atoms with Gasteiger partial charge in [0.05, 0.1) is 18.8 Å². The number of rotatable bonds is 4. The number of benzene rings is 1. The average molecular weight is 308 g/mol. The number of aliphatic hydroxyl groups excluding tert-OH is 1. The zero-order valence-electron chi connectivity index (χ0n) is 10.1. The van der Waals surface area contributed by atoms with Gasteiger partial charge < -0.3 is 5.11 Å². The lowest BCUT2D eigenvalue weighted by molar-refractivity contribution is 0.277. The summed E-state index contributed by atoms with van der Waals surface area (Å²) in [6.45, 7) is 6.28. The quantitative estimate of drug-likeness (QED) is 0.884. The molecule has 0 amide bonds. The van der Waals surface area contributed by atoms with Crippen molar-refractivity contribution in [1.82, 2.24) is 15.0 Å². The van der Waals surface area contributed by atoms with Crippen LogP contribution in [0, 0.1) is 0 Å². The molecule has 0 spiro atoms. The van der Waals surface area contributed by atoms with E-state index in [9.17, 15) is 5.11 Å². The van der Waals surface area contributed by atoms with Crippen LogP contribution < -0.4 is 0 Å². The van der Waals surface area contributed by atoms with E-state index in [0.717, 1.165) is 21.3 Å². The second-order valence-electron chi connectivity index (χ2n) is 4.16. The number of hydrogen-bond acceptors (Lipinski definition) is 3. The van der Waals surface area contributed by atoms with Crippen LogP contribution in [0.4, 0.5) is 0 Å². The van der Waals surface area contributed by atoms with E-state index in [4.69, 9.17) is 0 Å². The SMILES string of the molecule is C=C(C)Cn1nnc(CO)c1-c1ccc(Br)cc1. The Kier molecular flexibility index (Phi) is 3.93. The summed E-state index contributed by atoms with van der Waals surface area (Å²) in [4.78, 5) is 0. The molecule has 0 aliphatic carbocycles. The monoisotopic (exact) mass is 307 g/mol. The molecule has 0 saturated carbocycles. The molecule has 4 nitrogen and oxygen atoms in total. The van der Waals surface area contributed by atoms with Gasteiger partial charge in [0.25, 0.3) is 0 Å². The molecule has 18 heavy (non-hydrogen) atoms. The molecule has 0 fully saturated rings. The van der Waals surface area contributed by atoms with Crippen LogP contribution >= 0.6 is 15.9 Å². The molecule has 5 heteroatoms. The highest BCUT2D eigenvalue weighted by molar-refractivity contribution is 9.10. The lowest BCUT2D eigenvalue weighted by atomic mass is 10.1. The molecule has 94 valence electrons. The van der Waals surface area contributed by atoms with E-state index in [-0.39, 0.29) is 6.61 Å². The Morgan fingerprint density at radius 3 is 2.61 bits per heavy atom. The molecular weight excluding hydrogens is 294 g/mol. The predicted octanol–water partition coefficient (Wildman–Crippen LogP) is 2.78. The molecule has 0 saturated heterocycles. The summed E-state index contributed by atoms with van der Waals surface area (Å²) in [5.74, 6) is 0. The molecule has 0 atom stereocenters. The number of halogens is 1. The zero-order valence-corrected chi connectivity index (χ0v) is 11.7. The van der Waals surface area contributed by atoms with E-state index in [1.165, 1.54) is 0 Å². The molecule has 1 N–H and O–H groups in total. The van der Waals surface area contributed by atoms with Gasteiger partial charge in [-0.1, -0.05) is 45.4 Å². The number of aromatic nitrogens is 3. The minimum Gasteiger partial charge on any atom is -0.390 e. The van der Waals surface area contributed by atoms with Crippen LogP contribution in [0.2, 0.25) is 0 Å². The molecule has 1 aromatic carbocycles. The van der Waals surface area contributed by atoms with Gasteiger partial charge in [0, 0.05) is 10.0 Å². The smallest absolute Gasteiger partial charge is 0.116 e. The van der Waals surface area contributed by atoms with Gasteiger partial charge in [0.1, 0.15) is 5.69 Å². The number of hydrogen-bond donors (Lipinski definition) is 1. The van der Waals surface area contributed by atoms with E-state index >= 15 is 0 Å². The van der Waals surface area contributed by atoms with E-state index in [0.29, 0.717) is 12.2 Å². The first-order valence-corrected chi connectivity index (χ1v) is 6.34. The van der Waals surface area contributed by atoms with Gasteiger partial charge >= 0.3 is 0 Å². The Balaban J connectivity index is 2.49. The summed E-state index contributed by atoms with van der Waals surface area (Å²) < 4.78 is 2.77. The maximum Gasteiger partial charge on any atom is 0.116 e. The third-order valence-electron chi connectivity index (χ3n) is 2.49. The van der Waals surface area contributed by atoms with Crippen molar-refractivity contribution in [3.05, 3.63) is 46.6 Å².